The third-order valence-corrected chi connectivity index (χ3v) is 5.84. The molecule has 1 fully saturated rings. The quantitative estimate of drug-likeness (QED) is 0.374. The zero-order valence-electron chi connectivity index (χ0n) is 14.8. The van der Waals surface area contributed by atoms with Gasteiger partial charge in [0.1, 0.15) is 0 Å². The molecule has 0 atom stereocenters. The Hall–Kier alpha value is -1.48. The van der Waals surface area contributed by atoms with Crippen LogP contribution in [-0.4, -0.2) is 32.9 Å². The Morgan fingerprint density at radius 3 is 2.77 bits per heavy atom. The van der Waals surface area contributed by atoms with E-state index in [0.717, 1.165) is 37.0 Å². The molecule has 0 spiro atoms. The van der Waals surface area contributed by atoms with E-state index in [0.29, 0.717) is 6.79 Å². The zero-order chi connectivity index (χ0) is 17.1. The molecule has 0 amide bonds. The normalized spacial score (nSPS) is 16.7. The van der Waals surface area contributed by atoms with E-state index in [2.05, 4.69) is 45.3 Å². The van der Waals surface area contributed by atoms with E-state index in [1.165, 1.54) is 23.3 Å². The second-order valence-corrected chi connectivity index (χ2v) is 7.56. The number of nitrogens with one attached hydrogen (secondary N) is 2. The smallest absolute Gasteiger partial charge is 0.231 e. The number of rotatable bonds is 6. The van der Waals surface area contributed by atoms with Crippen LogP contribution in [0, 0.1) is 0 Å². The summed E-state index contributed by atoms with van der Waals surface area (Å²) in [4.78, 5) is 5.73. The molecule has 0 unspecified atom stereocenters. The number of hydrogen-bond donors (Lipinski definition) is 2. The van der Waals surface area contributed by atoms with E-state index in [1.54, 1.807) is 11.3 Å². The van der Waals surface area contributed by atoms with E-state index in [-0.39, 0.29) is 29.4 Å². The third kappa shape index (κ3) is 4.25. The van der Waals surface area contributed by atoms with Crippen LogP contribution < -0.4 is 20.1 Å². The minimum Gasteiger partial charge on any atom is -0.454 e. The molecule has 1 saturated carbocycles. The maximum absolute atomic E-state index is 5.52. The van der Waals surface area contributed by atoms with Crippen molar-refractivity contribution < 1.29 is 9.47 Å². The number of benzene rings is 1. The molecular formula is C19H24IN3O2S. The molecule has 26 heavy (non-hydrogen) atoms. The van der Waals surface area contributed by atoms with Crippen molar-refractivity contribution >= 4 is 41.3 Å². The van der Waals surface area contributed by atoms with Gasteiger partial charge >= 0.3 is 0 Å². The standard InChI is InChI=1S/C19H23N3O2S.HI/c1-20-18(21-9-6-15-3-2-10-25-15)22-12-19(7-8-19)14-4-5-16-17(11-14)24-13-23-16;/h2-5,10-11H,6-9,12-13H2,1H3,(H2,20,21,22);1H. The molecule has 0 radical (unpaired) electrons. The fraction of sp³-hybridized carbons (Fsp3) is 0.421. The molecule has 2 heterocycles. The first-order chi connectivity index (χ1) is 12.3. The highest BCUT2D eigenvalue weighted by atomic mass is 127. The maximum atomic E-state index is 5.52. The van der Waals surface area contributed by atoms with Gasteiger partial charge in [0.25, 0.3) is 0 Å². The number of hydrogen-bond acceptors (Lipinski definition) is 4. The number of thiophene rings is 1. The molecule has 2 aliphatic rings. The van der Waals surface area contributed by atoms with Crippen LogP contribution in [0.25, 0.3) is 0 Å². The fourth-order valence-corrected chi connectivity index (χ4v) is 3.89. The van der Waals surface area contributed by atoms with Crippen LogP contribution in [0.2, 0.25) is 0 Å². The predicted molar refractivity (Wildman–Crippen MR) is 116 cm³/mol. The molecule has 1 aliphatic carbocycles. The van der Waals surface area contributed by atoms with E-state index in [4.69, 9.17) is 9.47 Å². The summed E-state index contributed by atoms with van der Waals surface area (Å²) in [6.07, 6.45) is 3.39. The van der Waals surface area contributed by atoms with E-state index >= 15 is 0 Å². The van der Waals surface area contributed by atoms with E-state index in [1.807, 2.05) is 13.1 Å². The lowest BCUT2D eigenvalue weighted by Gasteiger charge is -2.19. The zero-order valence-corrected chi connectivity index (χ0v) is 17.9. The Kier molecular flexibility index (Phi) is 6.29. The Labute approximate surface area is 175 Å². The van der Waals surface area contributed by atoms with Crippen LogP contribution in [0.1, 0.15) is 23.3 Å². The van der Waals surface area contributed by atoms with Gasteiger partial charge in [-0.1, -0.05) is 12.1 Å². The lowest BCUT2D eigenvalue weighted by Crippen LogP contribution is -2.41. The third-order valence-electron chi connectivity index (χ3n) is 4.90. The lowest BCUT2D eigenvalue weighted by atomic mass is 9.95. The molecule has 0 bridgehead atoms. The molecule has 5 nitrogen and oxygen atoms in total. The topological polar surface area (TPSA) is 54.9 Å². The van der Waals surface area contributed by atoms with Crippen molar-refractivity contribution in [3.63, 3.8) is 0 Å². The van der Waals surface area contributed by atoms with E-state index in [9.17, 15) is 0 Å². The summed E-state index contributed by atoms with van der Waals surface area (Å²) in [7, 11) is 1.82. The Bertz CT molecular complexity index is 760. The number of aliphatic imine (C=N–C) groups is 1. The molecular weight excluding hydrogens is 461 g/mol. The summed E-state index contributed by atoms with van der Waals surface area (Å²) >= 11 is 1.79. The number of ether oxygens (including phenoxy) is 2. The Morgan fingerprint density at radius 2 is 2.04 bits per heavy atom. The highest BCUT2D eigenvalue weighted by Gasteiger charge is 2.44. The van der Waals surface area contributed by atoms with Crippen LogP contribution in [0.3, 0.4) is 0 Å². The largest absolute Gasteiger partial charge is 0.454 e. The summed E-state index contributed by atoms with van der Waals surface area (Å²) in [6, 6.07) is 10.6. The van der Waals surface area contributed by atoms with Gasteiger partial charge in [-0.15, -0.1) is 35.3 Å². The average molecular weight is 485 g/mol. The second-order valence-electron chi connectivity index (χ2n) is 6.53. The molecule has 7 heteroatoms. The Balaban J connectivity index is 0.00000196. The van der Waals surface area contributed by atoms with Crippen LogP contribution in [0.4, 0.5) is 0 Å². The first kappa shape index (κ1) is 19.3. The number of halogens is 1. The molecule has 4 rings (SSSR count). The van der Waals surface area contributed by atoms with Crippen molar-refractivity contribution in [2.24, 2.45) is 4.99 Å². The minimum absolute atomic E-state index is 0. The SMILES string of the molecule is CN=C(NCCc1cccs1)NCC1(c2ccc3c(c2)OCO3)CC1.I. The average Bonchev–Trinajstić information content (AvgIpc) is 3.04. The number of guanidine groups is 1. The maximum Gasteiger partial charge on any atom is 0.231 e. The highest BCUT2D eigenvalue weighted by molar-refractivity contribution is 14.0. The van der Waals surface area contributed by atoms with Gasteiger partial charge in [0.2, 0.25) is 6.79 Å². The van der Waals surface area contributed by atoms with Crippen LogP contribution in [-0.2, 0) is 11.8 Å². The van der Waals surface area contributed by atoms with Crippen LogP contribution in [0.15, 0.2) is 40.7 Å². The van der Waals surface area contributed by atoms with Gasteiger partial charge in [-0.05, 0) is 48.4 Å². The van der Waals surface area contributed by atoms with E-state index < -0.39 is 0 Å². The van der Waals surface area contributed by atoms with Crippen LogP contribution in [0.5, 0.6) is 11.5 Å². The minimum atomic E-state index is 0. The van der Waals surface area contributed by atoms with Crippen molar-refractivity contribution in [3.05, 3.63) is 46.2 Å². The Morgan fingerprint density at radius 1 is 1.19 bits per heavy atom. The molecule has 1 aromatic heterocycles. The molecule has 2 N–H and O–H groups in total. The van der Waals surface area contributed by atoms with Crippen molar-refractivity contribution in [2.75, 3.05) is 26.9 Å². The van der Waals surface area contributed by atoms with Gasteiger partial charge < -0.3 is 20.1 Å². The monoisotopic (exact) mass is 485 g/mol. The molecule has 140 valence electrons. The predicted octanol–water partition coefficient (Wildman–Crippen LogP) is 3.53. The van der Waals surface area contributed by atoms with Crippen molar-refractivity contribution in [3.8, 4) is 11.5 Å². The van der Waals surface area contributed by atoms with Gasteiger partial charge in [-0.2, -0.15) is 0 Å². The summed E-state index contributed by atoms with van der Waals surface area (Å²) in [5.74, 6) is 2.57. The summed E-state index contributed by atoms with van der Waals surface area (Å²) < 4.78 is 10.9. The fourth-order valence-electron chi connectivity index (χ4n) is 3.18. The van der Waals surface area contributed by atoms with Crippen LogP contribution >= 0.6 is 35.3 Å². The summed E-state index contributed by atoms with van der Waals surface area (Å²) in [5, 5.41) is 9.01. The second kappa shape index (κ2) is 8.47. The number of fused-ring (bicyclic) bond motifs is 1. The van der Waals surface area contributed by atoms with Gasteiger partial charge in [-0.25, -0.2) is 0 Å². The number of nitrogens with zero attached hydrogens (tertiary/aromatic N) is 1. The van der Waals surface area contributed by atoms with Crippen molar-refractivity contribution in [2.45, 2.75) is 24.7 Å². The van der Waals surface area contributed by atoms with Gasteiger partial charge in [0.15, 0.2) is 17.5 Å². The summed E-state index contributed by atoms with van der Waals surface area (Å²) in [5.41, 5.74) is 1.50. The molecule has 2 aromatic rings. The van der Waals surface area contributed by atoms with Gasteiger partial charge in [0, 0.05) is 30.4 Å². The molecule has 1 aromatic carbocycles. The molecule has 0 saturated heterocycles. The first-order valence-corrected chi connectivity index (χ1v) is 9.54. The molecule has 1 aliphatic heterocycles. The van der Waals surface area contributed by atoms with Crippen molar-refractivity contribution in [1.29, 1.82) is 0 Å². The van der Waals surface area contributed by atoms with Gasteiger partial charge in [-0.3, -0.25) is 4.99 Å². The first-order valence-electron chi connectivity index (χ1n) is 8.66. The van der Waals surface area contributed by atoms with Crippen molar-refractivity contribution in [1.82, 2.24) is 10.6 Å². The highest BCUT2D eigenvalue weighted by Crippen LogP contribution is 2.49. The summed E-state index contributed by atoms with van der Waals surface area (Å²) in [6.45, 7) is 2.09. The van der Waals surface area contributed by atoms with Gasteiger partial charge in [0.05, 0.1) is 0 Å². The lowest BCUT2D eigenvalue weighted by molar-refractivity contribution is 0.174.